The van der Waals surface area contributed by atoms with Gasteiger partial charge in [0.2, 0.25) is 0 Å². The van der Waals surface area contributed by atoms with E-state index in [1.54, 1.807) is 6.08 Å². The maximum atomic E-state index is 12.1. The van der Waals surface area contributed by atoms with Crippen LogP contribution in [0.4, 0.5) is 0 Å². The fourth-order valence-corrected chi connectivity index (χ4v) is 6.24. The van der Waals surface area contributed by atoms with E-state index in [0.29, 0.717) is 19.4 Å². The monoisotopic (exact) mass is 392 g/mol. The lowest BCUT2D eigenvalue weighted by molar-refractivity contribution is -0.208. The zero-order chi connectivity index (χ0) is 20.7. The predicted molar refractivity (Wildman–Crippen MR) is 102 cm³/mol. The van der Waals surface area contributed by atoms with Crippen LogP contribution >= 0.6 is 0 Å². The van der Waals surface area contributed by atoms with Crippen LogP contribution in [-0.2, 0) is 23.9 Å². The van der Waals surface area contributed by atoms with Gasteiger partial charge in [-0.3, -0.25) is 9.59 Å². The number of carbonyl (C=O) groups is 3. The first-order chi connectivity index (χ1) is 13.1. The number of fused-ring (bicyclic) bond motifs is 1. The van der Waals surface area contributed by atoms with Crippen LogP contribution in [0.3, 0.4) is 0 Å². The van der Waals surface area contributed by atoms with Gasteiger partial charge in [0.1, 0.15) is 12.7 Å². The van der Waals surface area contributed by atoms with Gasteiger partial charge in [0.05, 0.1) is 5.92 Å². The van der Waals surface area contributed by atoms with Crippen LogP contribution < -0.4 is 0 Å². The van der Waals surface area contributed by atoms with Crippen molar-refractivity contribution in [2.24, 2.45) is 28.6 Å². The van der Waals surface area contributed by atoms with Gasteiger partial charge in [-0.1, -0.05) is 27.2 Å². The lowest BCUT2D eigenvalue weighted by Crippen LogP contribution is -2.61. The molecule has 1 heterocycles. The van der Waals surface area contributed by atoms with Gasteiger partial charge in [-0.05, 0) is 54.9 Å². The first kappa shape index (κ1) is 20.9. The molecule has 3 aliphatic rings. The SMILES string of the molecule is CC(=O)OC1CC(C)C(C)(CCC2=CC(=O)OC2)C2CCCC(C(=O)O)C12C. The normalized spacial score (nSPS) is 40.3. The molecule has 0 saturated heterocycles. The Hall–Kier alpha value is -1.85. The van der Waals surface area contributed by atoms with E-state index in [9.17, 15) is 19.5 Å². The molecule has 0 amide bonds. The molecule has 6 unspecified atom stereocenters. The summed E-state index contributed by atoms with van der Waals surface area (Å²) in [6, 6.07) is 0. The summed E-state index contributed by atoms with van der Waals surface area (Å²) >= 11 is 0. The number of hydrogen-bond acceptors (Lipinski definition) is 5. The molecule has 0 aromatic carbocycles. The van der Waals surface area contributed by atoms with Crippen molar-refractivity contribution >= 4 is 17.9 Å². The second-order valence-corrected chi connectivity index (χ2v) is 9.39. The van der Waals surface area contributed by atoms with Crippen molar-refractivity contribution in [1.82, 2.24) is 0 Å². The second kappa shape index (κ2) is 7.53. The molecule has 3 rings (SSSR count). The smallest absolute Gasteiger partial charge is 0.331 e. The average molecular weight is 392 g/mol. The lowest BCUT2D eigenvalue weighted by Gasteiger charge is -2.62. The highest BCUT2D eigenvalue weighted by Gasteiger charge is 2.62. The Morgan fingerprint density at radius 2 is 2.04 bits per heavy atom. The van der Waals surface area contributed by atoms with Crippen molar-refractivity contribution in [3.8, 4) is 0 Å². The Balaban J connectivity index is 1.93. The number of carboxylic acid groups (broad SMARTS) is 1. The molecule has 1 aliphatic heterocycles. The van der Waals surface area contributed by atoms with E-state index in [1.807, 2.05) is 6.92 Å². The van der Waals surface area contributed by atoms with Crippen LogP contribution in [0, 0.1) is 28.6 Å². The lowest BCUT2D eigenvalue weighted by atomic mass is 9.43. The van der Waals surface area contributed by atoms with Gasteiger partial charge in [0.15, 0.2) is 0 Å². The van der Waals surface area contributed by atoms with E-state index in [1.165, 1.54) is 6.92 Å². The molecule has 0 aromatic heterocycles. The van der Waals surface area contributed by atoms with Gasteiger partial charge >= 0.3 is 17.9 Å². The molecule has 2 fully saturated rings. The molecule has 156 valence electrons. The third-order valence-electron chi connectivity index (χ3n) is 7.98. The summed E-state index contributed by atoms with van der Waals surface area (Å²) in [4.78, 5) is 35.3. The minimum Gasteiger partial charge on any atom is -0.481 e. The average Bonchev–Trinajstić information content (AvgIpc) is 3.03. The zero-order valence-corrected chi connectivity index (χ0v) is 17.3. The quantitative estimate of drug-likeness (QED) is 0.717. The summed E-state index contributed by atoms with van der Waals surface area (Å²) in [7, 11) is 0. The van der Waals surface area contributed by atoms with Crippen molar-refractivity contribution in [1.29, 1.82) is 0 Å². The predicted octanol–water partition coefficient (Wildman–Crippen LogP) is 3.73. The number of aliphatic carboxylic acids is 1. The van der Waals surface area contributed by atoms with Gasteiger partial charge in [-0.15, -0.1) is 0 Å². The van der Waals surface area contributed by atoms with Crippen molar-refractivity contribution in [2.45, 2.75) is 72.3 Å². The number of ether oxygens (including phenoxy) is 2. The molecular formula is C22H32O6. The van der Waals surface area contributed by atoms with Gasteiger partial charge in [-0.25, -0.2) is 4.79 Å². The maximum Gasteiger partial charge on any atom is 0.331 e. The molecule has 6 atom stereocenters. The molecule has 6 heteroatoms. The molecular weight excluding hydrogens is 360 g/mol. The van der Waals surface area contributed by atoms with Gasteiger partial charge in [0.25, 0.3) is 0 Å². The summed E-state index contributed by atoms with van der Waals surface area (Å²) in [6.45, 7) is 8.23. The molecule has 2 aliphatic carbocycles. The number of carbonyl (C=O) groups excluding carboxylic acids is 2. The van der Waals surface area contributed by atoms with E-state index in [2.05, 4.69) is 13.8 Å². The number of hydrogen-bond donors (Lipinski definition) is 1. The van der Waals surface area contributed by atoms with Crippen LogP contribution in [0.2, 0.25) is 0 Å². The molecule has 2 saturated carbocycles. The highest BCUT2D eigenvalue weighted by molar-refractivity contribution is 5.85. The fraction of sp³-hybridized carbons (Fsp3) is 0.773. The third kappa shape index (κ3) is 3.46. The van der Waals surface area contributed by atoms with E-state index >= 15 is 0 Å². The summed E-state index contributed by atoms with van der Waals surface area (Å²) in [5.41, 5.74) is 0.326. The molecule has 0 aromatic rings. The topological polar surface area (TPSA) is 89.9 Å². The van der Waals surface area contributed by atoms with E-state index < -0.39 is 17.3 Å². The van der Waals surface area contributed by atoms with Gasteiger partial charge < -0.3 is 14.6 Å². The molecule has 28 heavy (non-hydrogen) atoms. The fourth-order valence-electron chi connectivity index (χ4n) is 6.24. The van der Waals surface area contributed by atoms with Crippen LogP contribution in [0.25, 0.3) is 0 Å². The van der Waals surface area contributed by atoms with E-state index in [4.69, 9.17) is 9.47 Å². The Kier molecular flexibility index (Phi) is 5.61. The maximum absolute atomic E-state index is 12.1. The molecule has 0 bridgehead atoms. The Morgan fingerprint density at radius 1 is 1.32 bits per heavy atom. The van der Waals surface area contributed by atoms with Crippen LogP contribution in [-0.4, -0.2) is 35.7 Å². The highest BCUT2D eigenvalue weighted by atomic mass is 16.5. The van der Waals surface area contributed by atoms with Crippen molar-refractivity contribution in [3.05, 3.63) is 11.6 Å². The third-order valence-corrected chi connectivity index (χ3v) is 7.98. The van der Waals surface area contributed by atoms with Crippen molar-refractivity contribution < 1.29 is 29.0 Å². The molecule has 1 N–H and O–H groups in total. The summed E-state index contributed by atoms with van der Waals surface area (Å²) in [6.07, 6.45) is 5.95. The standard InChI is InChI=1S/C22H32O6/c1-13-10-18(28-14(2)23)22(4)16(20(25)26)6-5-7-17(22)21(13,3)9-8-15-11-19(24)27-12-15/h11,13,16-18H,5-10,12H2,1-4H3,(H,25,26). The number of esters is 2. The van der Waals surface area contributed by atoms with E-state index in [-0.39, 0.29) is 35.3 Å². The number of carboxylic acids is 1. The minimum atomic E-state index is -0.793. The number of rotatable bonds is 5. The first-order valence-electron chi connectivity index (χ1n) is 10.3. The highest BCUT2D eigenvalue weighted by Crippen LogP contribution is 2.64. The van der Waals surface area contributed by atoms with Crippen molar-refractivity contribution in [3.63, 3.8) is 0 Å². The summed E-state index contributed by atoms with van der Waals surface area (Å²) in [5.74, 6) is -1.51. The molecule has 0 spiro atoms. The van der Waals surface area contributed by atoms with Crippen LogP contribution in [0.1, 0.15) is 66.2 Å². The Morgan fingerprint density at radius 3 is 2.61 bits per heavy atom. The molecule has 0 radical (unpaired) electrons. The summed E-state index contributed by atoms with van der Waals surface area (Å²) in [5, 5.41) is 9.96. The van der Waals surface area contributed by atoms with Gasteiger partial charge in [-0.2, -0.15) is 0 Å². The Bertz CT molecular complexity index is 697. The molecule has 6 nitrogen and oxygen atoms in total. The first-order valence-corrected chi connectivity index (χ1v) is 10.3. The van der Waals surface area contributed by atoms with Crippen molar-refractivity contribution in [2.75, 3.05) is 6.61 Å². The largest absolute Gasteiger partial charge is 0.481 e. The summed E-state index contributed by atoms with van der Waals surface area (Å²) < 4.78 is 10.8. The number of cyclic esters (lactones) is 1. The van der Waals surface area contributed by atoms with Crippen LogP contribution in [0.5, 0.6) is 0 Å². The van der Waals surface area contributed by atoms with Crippen LogP contribution in [0.15, 0.2) is 11.6 Å². The Labute approximate surface area is 166 Å². The second-order valence-electron chi connectivity index (χ2n) is 9.39. The minimum absolute atomic E-state index is 0.0913. The zero-order valence-electron chi connectivity index (χ0n) is 17.3. The van der Waals surface area contributed by atoms with E-state index in [0.717, 1.165) is 31.3 Å². The van der Waals surface area contributed by atoms with Gasteiger partial charge in [0, 0.05) is 18.4 Å².